The number of nitrogen functional groups attached to an aromatic ring is 1. The third-order valence-electron chi connectivity index (χ3n) is 7.11. The summed E-state index contributed by atoms with van der Waals surface area (Å²) in [5, 5.41) is 0. The van der Waals surface area contributed by atoms with Crippen LogP contribution in [-0.4, -0.2) is 59.2 Å². The molecule has 4 saturated heterocycles. The van der Waals surface area contributed by atoms with Gasteiger partial charge in [0, 0.05) is 24.7 Å². The normalized spacial score (nSPS) is 31.7. The predicted octanol–water partition coefficient (Wildman–Crippen LogP) is 2.09. The molecular formula is C22H24N4O3. The molecule has 1 aromatic heterocycles. The number of aromatic nitrogens is 1. The summed E-state index contributed by atoms with van der Waals surface area (Å²) >= 11 is 0. The van der Waals surface area contributed by atoms with Gasteiger partial charge in [-0.15, -0.1) is 0 Å². The number of piperidine rings is 3. The topological polar surface area (TPSA) is 80.9 Å². The standard InChI is InChI=1S/C22H24N4O3/c23-19-4-2-15(10-24-19)22(27)26-11-16(14-1-3-17-18(9-14)29-12-28-17)21-20(26)13-5-7-25(21)8-6-13/h1-4,9-10,13,16,20-21H,5-8,11-12H2,(H2,23,24)/t16-,20+,21+/m1/s1. The van der Waals surface area contributed by atoms with Gasteiger partial charge in [0.1, 0.15) is 5.82 Å². The van der Waals surface area contributed by atoms with Gasteiger partial charge >= 0.3 is 0 Å². The number of rotatable bonds is 2. The highest BCUT2D eigenvalue weighted by atomic mass is 16.7. The Kier molecular flexibility index (Phi) is 3.74. The second-order valence-corrected chi connectivity index (χ2v) is 8.50. The molecular weight excluding hydrogens is 368 g/mol. The molecule has 6 heterocycles. The fourth-order valence-corrected chi connectivity index (χ4v) is 5.79. The van der Waals surface area contributed by atoms with E-state index in [4.69, 9.17) is 15.2 Å². The van der Waals surface area contributed by atoms with Crippen molar-refractivity contribution in [3.8, 4) is 11.5 Å². The minimum atomic E-state index is 0.0597. The molecule has 1 amide bonds. The lowest BCUT2D eigenvalue weighted by Crippen LogP contribution is -2.60. The van der Waals surface area contributed by atoms with Crippen molar-refractivity contribution >= 4 is 11.7 Å². The van der Waals surface area contributed by atoms with E-state index in [1.54, 1.807) is 18.3 Å². The number of amides is 1. The number of pyridine rings is 1. The van der Waals surface area contributed by atoms with Crippen LogP contribution >= 0.6 is 0 Å². The van der Waals surface area contributed by atoms with Gasteiger partial charge in [0.15, 0.2) is 11.5 Å². The molecule has 7 heteroatoms. The fourth-order valence-electron chi connectivity index (χ4n) is 5.79. The molecule has 0 saturated carbocycles. The summed E-state index contributed by atoms with van der Waals surface area (Å²) in [4.78, 5) is 22.3. The van der Waals surface area contributed by atoms with Gasteiger partial charge in [0.05, 0.1) is 11.6 Å². The Morgan fingerprint density at radius 2 is 1.90 bits per heavy atom. The molecule has 0 aliphatic carbocycles. The van der Waals surface area contributed by atoms with Gasteiger partial charge in [0.25, 0.3) is 5.91 Å². The fraction of sp³-hybridized carbons (Fsp3) is 0.455. The quantitative estimate of drug-likeness (QED) is 0.843. The first-order valence-electron chi connectivity index (χ1n) is 10.3. The lowest BCUT2D eigenvalue weighted by Gasteiger charge is -2.51. The van der Waals surface area contributed by atoms with E-state index < -0.39 is 0 Å². The maximum atomic E-state index is 13.4. The highest BCUT2D eigenvalue weighted by molar-refractivity contribution is 5.94. The first-order valence-corrected chi connectivity index (χ1v) is 10.3. The summed E-state index contributed by atoms with van der Waals surface area (Å²) in [5.41, 5.74) is 7.55. The third kappa shape index (κ3) is 2.60. The van der Waals surface area contributed by atoms with E-state index in [9.17, 15) is 4.79 Å². The van der Waals surface area contributed by atoms with E-state index >= 15 is 0 Å². The van der Waals surface area contributed by atoms with Crippen LogP contribution in [0, 0.1) is 5.92 Å². The summed E-state index contributed by atoms with van der Waals surface area (Å²) in [6.45, 7) is 3.24. The molecule has 1 aromatic carbocycles. The van der Waals surface area contributed by atoms with Gasteiger partial charge in [-0.05, 0) is 61.7 Å². The number of anilines is 1. The first kappa shape index (κ1) is 17.1. The molecule has 5 aliphatic rings. The molecule has 29 heavy (non-hydrogen) atoms. The predicted molar refractivity (Wildman–Crippen MR) is 107 cm³/mol. The summed E-state index contributed by atoms with van der Waals surface area (Å²) in [7, 11) is 0. The number of carbonyl (C=O) groups is 1. The zero-order valence-corrected chi connectivity index (χ0v) is 16.2. The number of fused-ring (bicyclic) bond motifs is 3. The number of ether oxygens (including phenoxy) is 2. The van der Waals surface area contributed by atoms with Crippen LogP contribution in [0.5, 0.6) is 11.5 Å². The van der Waals surface area contributed by atoms with Crippen LogP contribution in [0.15, 0.2) is 36.5 Å². The molecule has 0 spiro atoms. The molecule has 2 aromatic rings. The molecule has 0 unspecified atom stereocenters. The first-order chi connectivity index (χ1) is 14.2. The van der Waals surface area contributed by atoms with Crippen LogP contribution in [0.3, 0.4) is 0 Å². The minimum absolute atomic E-state index is 0.0597. The maximum absolute atomic E-state index is 13.4. The third-order valence-corrected chi connectivity index (χ3v) is 7.11. The Morgan fingerprint density at radius 3 is 2.69 bits per heavy atom. The van der Waals surface area contributed by atoms with Gasteiger partial charge in [-0.25, -0.2) is 4.98 Å². The van der Waals surface area contributed by atoms with Gasteiger partial charge in [0.2, 0.25) is 6.79 Å². The molecule has 4 fully saturated rings. The van der Waals surface area contributed by atoms with Crippen LogP contribution in [0.25, 0.3) is 0 Å². The zero-order chi connectivity index (χ0) is 19.5. The molecule has 2 bridgehead atoms. The van der Waals surface area contributed by atoms with E-state index in [-0.39, 0.29) is 24.7 Å². The molecule has 7 rings (SSSR count). The molecule has 7 nitrogen and oxygen atoms in total. The number of likely N-dealkylation sites (tertiary alicyclic amines) is 1. The van der Waals surface area contributed by atoms with Crippen LogP contribution in [-0.2, 0) is 0 Å². The van der Waals surface area contributed by atoms with E-state index in [0.717, 1.165) is 24.6 Å². The number of benzene rings is 1. The van der Waals surface area contributed by atoms with Crippen LogP contribution in [0.2, 0.25) is 0 Å². The molecule has 150 valence electrons. The number of carbonyl (C=O) groups excluding carboxylic acids is 1. The van der Waals surface area contributed by atoms with Crippen molar-refractivity contribution in [2.75, 3.05) is 32.2 Å². The van der Waals surface area contributed by atoms with Crippen molar-refractivity contribution in [3.05, 3.63) is 47.7 Å². The Morgan fingerprint density at radius 1 is 1.07 bits per heavy atom. The minimum Gasteiger partial charge on any atom is -0.454 e. The largest absolute Gasteiger partial charge is 0.454 e. The van der Waals surface area contributed by atoms with Crippen molar-refractivity contribution in [1.29, 1.82) is 0 Å². The summed E-state index contributed by atoms with van der Waals surface area (Å²) < 4.78 is 11.1. The van der Waals surface area contributed by atoms with E-state index in [0.29, 0.717) is 29.9 Å². The van der Waals surface area contributed by atoms with Gasteiger partial charge in [-0.2, -0.15) is 0 Å². The molecule has 3 atom stereocenters. The highest BCUT2D eigenvalue weighted by Gasteiger charge is 2.54. The number of hydrogen-bond donors (Lipinski definition) is 1. The smallest absolute Gasteiger partial charge is 0.255 e. The van der Waals surface area contributed by atoms with E-state index in [1.165, 1.54) is 18.4 Å². The average Bonchev–Trinajstić information content (AvgIpc) is 3.40. The van der Waals surface area contributed by atoms with Gasteiger partial charge in [-0.3, -0.25) is 9.69 Å². The Hall–Kier alpha value is -2.80. The maximum Gasteiger partial charge on any atom is 0.255 e. The van der Waals surface area contributed by atoms with Gasteiger partial charge < -0.3 is 20.1 Å². The summed E-state index contributed by atoms with van der Waals surface area (Å²) in [5.74, 6) is 2.93. The SMILES string of the molecule is Nc1ccc(C(=O)N2C[C@H](c3ccc4c(c3)OCO4)[C@H]3[C@@H]2C2CCN3CC2)cn1. The van der Waals surface area contributed by atoms with Crippen molar-refractivity contribution in [1.82, 2.24) is 14.8 Å². The molecule has 2 N–H and O–H groups in total. The molecule has 5 aliphatic heterocycles. The summed E-state index contributed by atoms with van der Waals surface area (Å²) in [6.07, 6.45) is 3.93. The van der Waals surface area contributed by atoms with Crippen molar-refractivity contribution in [2.24, 2.45) is 5.92 Å². The van der Waals surface area contributed by atoms with Crippen molar-refractivity contribution < 1.29 is 14.3 Å². The van der Waals surface area contributed by atoms with Crippen LogP contribution in [0.4, 0.5) is 5.82 Å². The Labute approximate surface area is 169 Å². The van der Waals surface area contributed by atoms with Gasteiger partial charge in [-0.1, -0.05) is 6.07 Å². The number of nitrogens with two attached hydrogens (primary N) is 1. The van der Waals surface area contributed by atoms with Crippen molar-refractivity contribution in [3.63, 3.8) is 0 Å². The number of nitrogens with zero attached hydrogens (tertiary/aromatic N) is 3. The van der Waals surface area contributed by atoms with E-state index in [2.05, 4.69) is 26.9 Å². The van der Waals surface area contributed by atoms with E-state index in [1.807, 2.05) is 6.07 Å². The zero-order valence-electron chi connectivity index (χ0n) is 16.2. The summed E-state index contributed by atoms with van der Waals surface area (Å²) in [6, 6.07) is 10.3. The lowest BCUT2D eigenvalue weighted by molar-refractivity contribution is -0.00342. The Balaban J connectivity index is 1.37. The molecule has 0 radical (unpaired) electrons. The highest BCUT2D eigenvalue weighted by Crippen LogP contribution is 2.48. The van der Waals surface area contributed by atoms with Crippen LogP contribution < -0.4 is 15.2 Å². The average molecular weight is 392 g/mol. The second kappa shape index (κ2) is 6.35. The van der Waals surface area contributed by atoms with Crippen molar-refractivity contribution in [2.45, 2.75) is 30.8 Å². The monoisotopic (exact) mass is 392 g/mol. The van der Waals surface area contributed by atoms with Crippen LogP contribution in [0.1, 0.15) is 34.7 Å². The number of hydrogen-bond acceptors (Lipinski definition) is 6. The Bertz CT molecular complexity index is 955. The second-order valence-electron chi connectivity index (χ2n) is 8.50. The lowest BCUT2D eigenvalue weighted by atomic mass is 9.75.